The normalized spacial score (nSPS) is 10.7. The van der Waals surface area contributed by atoms with Gasteiger partial charge in [0.15, 0.2) is 0 Å². The van der Waals surface area contributed by atoms with Gasteiger partial charge in [-0.15, -0.1) is 0 Å². The molecule has 0 unspecified atom stereocenters. The molecular formula is C12H12O3Si. The van der Waals surface area contributed by atoms with Gasteiger partial charge in [0.25, 0.3) is 0 Å². The molecule has 4 heteroatoms. The van der Waals surface area contributed by atoms with Crippen LogP contribution in [-0.4, -0.2) is 16.0 Å². The minimum Gasteiger partial charge on any atom is -0.512 e. The van der Waals surface area contributed by atoms with Crippen molar-refractivity contribution in [3.05, 3.63) is 54.3 Å². The summed E-state index contributed by atoms with van der Waals surface area (Å²) in [7, 11) is -0.338. The van der Waals surface area contributed by atoms with Crippen LogP contribution >= 0.6 is 0 Å². The van der Waals surface area contributed by atoms with Crippen LogP contribution in [0.1, 0.15) is 12.5 Å². The SMILES string of the molecule is C=CC(=O)O[Si]OC(C)=Cc1ccccc1. The summed E-state index contributed by atoms with van der Waals surface area (Å²) in [6.45, 7) is 5.09. The highest BCUT2D eigenvalue weighted by atomic mass is 28.3. The topological polar surface area (TPSA) is 35.5 Å². The number of allylic oxidation sites excluding steroid dienone is 1. The lowest BCUT2D eigenvalue weighted by atomic mass is 10.2. The molecule has 82 valence electrons. The van der Waals surface area contributed by atoms with Crippen LogP contribution in [0, 0.1) is 0 Å². The van der Waals surface area contributed by atoms with Crippen LogP contribution in [0.5, 0.6) is 0 Å². The maximum absolute atomic E-state index is 10.7. The monoisotopic (exact) mass is 232 g/mol. The summed E-state index contributed by atoms with van der Waals surface area (Å²) >= 11 is 0. The maximum atomic E-state index is 10.7. The zero-order valence-corrected chi connectivity index (χ0v) is 9.97. The van der Waals surface area contributed by atoms with E-state index in [-0.39, 0.29) is 10.0 Å². The zero-order chi connectivity index (χ0) is 11.8. The third-order valence-electron chi connectivity index (χ3n) is 1.68. The number of carbonyl (C=O) groups is 1. The van der Waals surface area contributed by atoms with Crippen LogP contribution < -0.4 is 0 Å². The summed E-state index contributed by atoms with van der Waals surface area (Å²) in [6, 6.07) is 9.76. The summed E-state index contributed by atoms with van der Waals surface area (Å²) in [5.74, 6) is 0.215. The third-order valence-corrected chi connectivity index (χ3v) is 2.37. The first-order chi connectivity index (χ1) is 7.72. The summed E-state index contributed by atoms with van der Waals surface area (Å²) in [5, 5.41) is 0. The molecule has 1 rings (SSSR count). The fraction of sp³-hybridized carbons (Fsp3) is 0.0833. The first-order valence-corrected chi connectivity index (χ1v) is 5.52. The average molecular weight is 232 g/mol. The summed E-state index contributed by atoms with van der Waals surface area (Å²) in [5.41, 5.74) is 1.04. The van der Waals surface area contributed by atoms with Crippen LogP contribution in [0.2, 0.25) is 0 Å². The largest absolute Gasteiger partial charge is 0.612 e. The van der Waals surface area contributed by atoms with Gasteiger partial charge in [0.05, 0.1) is 5.76 Å². The minimum atomic E-state index is -0.481. The van der Waals surface area contributed by atoms with E-state index in [2.05, 4.69) is 6.58 Å². The Morgan fingerprint density at radius 3 is 2.62 bits per heavy atom. The lowest BCUT2D eigenvalue weighted by molar-refractivity contribution is -0.129. The Labute approximate surface area is 97.5 Å². The van der Waals surface area contributed by atoms with Crippen molar-refractivity contribution in [2.45, 2.75) is 6.92 Å². The molecule has 0 atom stereocenters. The molecule has 16 heavy (non-hydrogen) atoms. The second-order valence-corrected chi connectivity index (χ2v) is 3.55. The Morgan fingerprint density at radius 2 is 2.00 bits per heavy atom. The van der Waals surface area contributed by atoms with E-state index in [0.29, 0.717) is 5.76 Å². The van der Waals surface area contributed by atoms with Crippen LogP contribution in [0.3, 0.4) is 0 Å². The van der Waals surface area contributed by atoms with Gasteiger partial charge < -0.3 is 8.85 Å². The van der Waals surface area contributed by atoms with E-state index >= 15 is 0 Å². The lowest BCUT2D eigenvalue weighted by Crippen LogP contribution is -2.08. The molecule has 3 nitrogen and oxygen atoms in total. The second kappa shape index (κ2) is 6.63. The number of benzene rings is 1. The molecule has 0 aromatic heterocycles. The molecule has 0 fully saturated rings. The first-order valence-electron chi connectivity index (χ1n) is 4.71. The minimum absolute atomic E-state index is 0.338. The van der Waals surface area contributed by atoms with Gasteiger partial charge in [-0.25, -0.2) is 4.79 Å². The van der Waals surface area contributed by atoms with Crippen molar-refractivity contribution in [3.8, 4) is 0 Å². The molecule has 2 radical (unpaired) electrons. The molecule has 1 aromatic carbocycles. The van der Waals surface area contributed by atoms with Gasteiger partial charge in [-0.1, -0.05) is 36.9 Å². The predicted molar refractivity (Wildman–Crippen MR) is 63.2 cm³/mol. The molecule has 0 aliphatic rings. The van der Waals surface area contributed by atoms with Gasteiger partial charge >= 0.3 is 16.0 Å². The molecule has 0 amide bonds. The summed E-state index contributed by atoms with van der Waals surface area (Å²) < 4.78 is 9.92. The van der Waals surface area contributed by atoms with Gasteiger partial charge in [-0.3, -0.25) is 0 Å². The molecule has 0 bridgehead atoms. The fourth-order valence-electron chi connectivity index (χ4n) is 0.983. The van der Waals surface area contributed by atoms with E-state index < -0.39 is 5.97 Å². The number of hydrogen-bond donors (Lipinski definition) is 0. The molecule has 0 saturated carbocycles. The van der Waals surface area contributed by atoms with Crippen molar-refractivity contribution in [3.63, 3.8) is 0 Å². The molecule has 0 aliphatic heterocycles. The molecular weight excluding hydrogens is 220 g/mol. The van der Waals surface area contributed by atoms with Crippen LogP contribution in [-0.2, 0) is 13.6 Å². The number of rotatable bonds is 5. The number of hydrogen-bond acceptors (Lipinski definition) is 3. The summed E-state index contributed by atoms with van der Waals surface area (Å²) in [6.07, 6.45) is 2.97. The Kier molecular flexibility index (Phi) is 5.08. The molecule has 0 N–H and O–H groups in total. The van der Waals surface area contributed by atoms with Crippen molar-refractivity contribution in [2.75, 3.05) is 0 Å². The smallest absolute Gasteiger partial charge is 0.512 e. The van der Waals surface area contributed by atoms with Crippen LogP contribution in [0.4, 0.5) is 0 Å². The quantitative estimate of drug-likeness (QED) is 0.444. The van der Waals surface area contributed by atoms with E-state index in [4.69, 9.17) is 8.85 Å². The van der Waals surface area contributed by atoms with Gasteiger partial charge in [0.1, 0.15) is 0 Å². The summed E-state index contributed by atoms with van der Waals surface area (Å²) in [4.78, 5) is 10.7. The van der Waals surface area contributed by atoms with Gasteiger partial charge in [0.2, 0.25) is 0 Å². The Morgan fingerprint density at radius 1 is 1.31 bits per heavy atom. The van der Waals surface area contributed by atoms with Crippen molar-refractivity contribution >= 4 is 22.1 Å². The zero-order valence-electron chi connectivity index (χ0n) is 8.97. The molecule has 0 spiro atoms. The van der Waals surface area contributed by atoms with Crippen molar-refractivity contribution < 1.29 is 13.6 Å². The van der Waals surface area contributed by atoms with Gasteiger partial charge in [-0.05, 0) is 18.6 Å². The molecule has 0 heterocycles. The van der Waals surface area contributed by atoms with E-state index in [1.165, 1.54) is 0 Å². The van der Waals surface area contributed by atoms with Crippen molar-refractivity contribution in [1.82, 2.24) is 0 Å². The predicted octanol–water partition coefficient (Wildman–Crippen LogP) is 2.33. The Bertz CT molecular complexity index is 385. The fourth-order valence-corrected chi connectivity index (χ4v) is 1.38. The highest BCUT2D eigenvalue weighted by Crippen LogP contribution is 2.06. The first kappa shape index (κ1) is 12.3. The lowest BCUT2D eigenvalue weighted by Gasteiger charge is -2.03. The van der Waals surface area contributed by atoms with E-state index in [9.17, 15) is 4.79 Å². The molecule has 1 aromatic rings. The second-order valence-electron chi connectivity index (χ2n) is 2.98. The average Bonchev–Trinajstić information content (AvgIpc) is 2.30. The Balaban J connectivity index is 2.40. The molecule has 0 saturated heterocycles. The maximum Gasteiger partial charge on any atom is 0.612 e. The Hall–Kier alpha value is -1.81. The van der Waals surface area contributed by atoms with Gasteiger partial charge in [0, 0.05) is 6.08 Å². The highest BCUT2D eigenvalue weighted by molar-refractivity contribution is 6.23. The molecule has 0 aliphatic carbocycles. The van der Waals surface area contributed by atoms with E-state index in [0.717, 1.165) is 11.6 Å². The van der Waals surface area contributed by atoms with Gasteiger partial charge in [-0.2, -0.15) is 0 Å². The highest BCUT2D eigenvalue weighted by Gasteiger charge is 2.01. The van der Waals surface area contributed by atoms with Crippen LogP contribution in [0.25, 0.3) is 6.08 Å². The van der Waals surface area contributed by atoms with E-state index in [1.54, 1.807) is 0 Å². The third kappa shape index (κ3) is 4.61. The van der Waals surface area contributed by atoms with Crippen LogP contribution in [0.15, 0.2) is 48.7 Å². The van der Waals surface area contributed by atoms with Crippen molar-refractivity contribution in [2.24, 2.45) is 0 Å². The standard InChI is InChI=1S/C12H12O3Si/c1-3-12(13)15-16-14-10(2)9-11-7-5-4-6-8-11/h3-9H,1H2,2H3. The number of carbonyl (C=O) groups excluding carboxylic acids is 1. The van der Waals surface area contributed by atoms with Crippen molar-refractivity contribution in [1.29, 1.82) is 0 Å². The van der Waals surface area contributed by atoms with E-state index in [1.807, 2.05) is 43.3 Å².